The smallest absolute Gasteiger partial charge is 0.306 e. The lowest BCUT2D eigenvalue weighted by Crippen LogP contribution is -2.61. The number of nitrogens with one attached hydrogen (secondary N) is 1. The zero-order valence-corrected chi connectivity index (χ0v) is 51.2. The summed E-state index contributed by atoms with van der Waals surface area (Å²) >= 11 is 0. The molecule has 1 aliphatic rings. The predicted molar refractivity (Wildman–Crippen MR) is 333 cm³/mol. The van der Waals surface area contributed by atoms with Gasteiger partial charge in [0.1, 0.15) is 24.4 Å². The maximum Gasteiger partial charge on any atom is 0.306 e. The Labute approximate surface area is 489 Å². The number of aliphatic hydroxyl groups is 5. The number of carbonyl (C=O) groups is 2. The Morgan fingerprint density at radius 1 is 0.512 bits per heavy atom. The number of carbonyl (C=O) groups excluding carboxylic acids is 2. The molecule has 8 unspecified atom stereocenters. The Hall–Kier alpha value is -3.16. The summed E-state index contributed by atoms with van der Waals surface area (Å²) in [7, 11) is 0. The minimum absolute atomic E-state index is 0.0981. The van der Waals surface area contributed by atoms with E-state index in [9.17, 15) is 35.1 Å². The van der Waals surface area contributed by atoms with Gasteiger partial charge in [0.2, 0.25) is 5.91 Å². The van der Waals surface area contributed by atoms with Gasteiger partial charge in [-0.2, -0.15) is 0 Å². The van der Waals surface area contributed by atoms with Gasteiger partial charge in [0, 0.05) is 6.42 Å². The summed E-state index contributed by atoms with van der Waals surface area (Å²) in [5.41, 5.74) is 0. The standard InChI is InChI=1S/C69H121NO10/c1-4-7-10-13-16-19-22-25-26-27-28-29-30-31-32-33-34-35-36-37-39-41-44-47-50-53-56-62(73)68(77)70-60(61(72)55-52-49-46-43-40-24-21-18-15-12-9-6-3)59-78-69-67(66(76)65(75)63(58-71)79-69)80-64(74)57-54-51-48-45-42-38-23-20-17-14-11-8-5-2/h8,11,14,16-17,19-20,23,25-26,28-29,52,55,60-63,65-67,69,71-73,75-76H,4-7,9-10,12-13,15,18,21-22,24,27,30-51,53-54,56-59H2,1-3H3,(H,70,77)/b11-8+,17-14+,19-16-,23-20-,26-25-,29-28-,55-52+. The van der Waals surface area contributed by atoms with Gasteiger partial charge in [-0.3, -0.25) is 9.59 Å². The normalized spacial score (nSPS) is 19.3. The van der Waals surface area contributed by atoms with Crippen molar-refractivity contribution in [2.75, 3.05) is 13.2 Å². The quantitative estimate of drug-likeness (QED) is 0.0149. The Morgan fingerprint density at radius 3 is 1.48 bits per heavy atom. The highest BCUT2D eigenvalue weighted by Crippen LogP contribution is 2.26. The highest BCUT2D eigenvalue weighted by molar-refractivity contribution is 5.80. The number of allylic oxidation sites excluding steroid dienone is 13. The average molecular weight is 1120 g/mol. The van der Waals surface area contributed by atoms with Gasteiger partial charge < -0.3 is 45.1 Å². The lowest BCUT2D eigenvalue weighted by atomic mass is 9.99. The van der Waals surface area contributed by atoms with Gasteiger partial charge in [0.15, 0.2) is 12.4 Å². The Morgan fingerprint density at radius 2 is 0.950 bits per heavy atom. The fraction of sp³-hybridized carbons (Fsp3) is 0.768. The van der Waals surface area contributed by atoms with Crippen LogP contribution in [0.15, 0.2) is 85.1 Å². The highest BCUT2D eigenvalue weighted by atomic mass is 16.7. The minimum atomic E-state index is -1.62. The lowest BCUT2D eigenvalue weighted by Gasteiger charge is -2.41. The second-order valence-electron chi connectivity index (χ2n) is 22.5. The predicted octanol–water partition coefficient (Wildman–Crippen LogP) is 16.1. The van der Waals surface area contributed by atoms with Crippen LogP contribution in [0.5, 0.6) is 0 Å². The van der Waals surface area contributed by atoms with Crippen molar-refractivity contribution in [3.05, 3.63) is 85.1 Å². The second-order valence-corrected chi connectivity index (χ2v) is 22.5. The van der Waals surface area contributed by atoms with Crippen molar-refractivity contribution in [3.8, 4) is 0 Å². The van der Waals surface area contributed by atoms with Crippen LogP contribution in [-0.2, 0) is 23.8 Å². The van der Waals surface area contributed by atoms with Crippen molar-refractivity contribution in [2.45, 2.75) is 327 Å². The van der Waals surface area contributed by atoms with Gasteiger partial charge in [-0.05, 0) is 83.5 Å². The zero-order chi connectivity index (χ0) is 58.2. The van der Waals surface area contributed by atoms with Gasteiger partial charge in [0.05, 0.1) is 25.4 Å². The van der Waals surface area contributed by atoms with Crippen molar-refractivity contribution < 1.29 is 49.3 Å². The van der Waals surface area contributed by atoms with Crippen LogP contribution in [0.25, 0.3) is 0 Å². The summed E-state index contributed by atoms with van der Waals surface area (Å²) in [4.78, 5) is 26.5. The fourth-order valence-corrected chi connectivity index (χ4v) is 9.89. The summed E-state index contributed by atoms with van der Waals surface area (Å²) in [6.45, 7) is 5.62. The SMILES string of the molecule is CC/C=C/C=C/C=C\CCCCCCCC(=O)OC1C(OCC(NC(=O)C(O)CCCCCCCCCCCCCCC/C=C\C/C=C\C/C=C\CCCCC)C(O)/C=C/CCCCCCCCCCCC)OC(CO)C(O)C1O. The largest absolute Gasteiger partial charge is 0.454 e. The van der Waals surface area contributed by atoms with E-state index in [0.717, 1.165) is 89.9 Å². The van der Waals surface area contributed by atoms with Gasteiger partial charge in [-0.25, -0.2) is 0 Å². The van der Waals surface area contributed by atoms with E-state index in [2.05, 4.69) is 80.8 Å². The monoisotopic (exact) mass is 1120 g/mol. The topological polar surface area (TPSA) is 175 Å². The molecule has 6 N–H and O–H groups in total. The van der Waals surface area contributed by atoms with Crippen LogP contribution < -0.4 is 5.32 Å². The van der Waals surface area contributed by atoms with E-state index in [1.54, 1.807) is 6.08 Å². The summed E-state index contributed by atoms with van der Waals surface area (Å²) in [5.74, 6) is -1.22. The van der Waals surface area contributed by atoms with E-state index in [1.165, 1.54) is 141 Å². The molecule has 1 saturated heterocycles. The molecule has 1 amide bonds. The van der Waals surface area contributed by atoms with Crippen LogP contribution in [0, 0.1) is 0 Å². The van der Waals surface area contributed by atoms with Gasteiger partial charge in [-0.1, -0.05) is 273 Å². The zero-order valence-electron chi connectivity index (χ0n) is 51.2. The van der Waals surface area contributed by atoms with E-state index in [-0.39, 0.29) is 19.4 Å². The van der Waals surface area contributed by atoms with E-state index in [4.69, 9.17) is 14.2 Å². The molecule has 80 heavy (non-hydrogen) atoms. The summed E-state index contributed by atoms with van der Waals surface area (Å²) in [5, 5.41) is 57.0. The molecule has 8 atom stereocenters. The summed E-state index contributed by atoms with van der Waals surface area (Å²) in [6.07, 6.45) is 63.5. The maximum atomic E-state index is 13.5. The molecule has 0 radical (unpaired) electrons. The molecule has 1 rings (SSSR count). The number of ether oxygens (including phenoxy) is 3. The molecule has 462 valence electrons. The molecule has 0 aromatic rings. The maximum absolute atomic E-state index is 13.5. The van der Waals surface area contributed by atoms with Gasteiger partial charge in [0.25, 0.3) is 0 Å². The highest BCUT2D eigenvalue weighted by Gasteiger charge is 2.47. The van der Waals surface area contributed by atoms with Crippen molar-refractivity contribution in [2.24, 2.45) is 0 Å². The molecular weight excluding hydrogens is 1000 g/mol. The van der Waals surface area contributed by atoms with E-state index in [0.29, 0.717) is 12.8 Å². The molecule has 1 aliphatic heterocycles. The Bertz CT molecular complexity index is 1620. The van der Waals surface area contributed by atoms with E-state index >= 15 is 0 Å². The number of aliphatic hydroxyl groups excluding tert-OH is 5. The minimum Gasteiger partial charge on any atom is -0.454 e. The third-order valence-corrected chi connectivity index (χ3v) is 15.1. The summed E-state index contributed by atoms with van der Waals surface area (Å²) < 4.78 is 17.6. The molecule has 11 heteroatoms. The van der Waals surface area contributed by atoms with Crippen LogP contribution in [0.3, 0.4) is 0 Å². The molecule has 1 heterocycles. The van der Waals surface area contributed by atoms with Crippen LogP contribution in [0.1, 0.15) is 278 Å². The van der Waals surface area contributed by atoms with Crippen LogP contribution in [-0.4, -0.2) is 99.6 Å². The van der Waals surface area contributed by atoms with Gasteiger partial charge in [-0.15, -0.1) is 0 Å². The molecule has 0 saturated carbocycles. The van der Waals surface area contributed by atoms with Gasteiger partial charge >= 0.3 is 5.97 Å². The molecule has 0 aliphatic carbocycles. The molecule has 0 aromatic heterocycles. The van der Waals surface area contributed by atoms with Crippen LogP contribution in [0.2, 0.25) is 0 Å². The Balaban J connectivity index is 2.58. The molecule has 11 nitrogen and oxygen atoms in total. The van der Waals surface area contributed by atoms with Crippen molar-refractivity contribution in [1.29, 1.82) is 0 Å². The third kappa shape index (κ3) is 43.5. The molecule has 0 aromatic carbocycles. The first kappa shape index (κ1) is 74.9. The second kappa shape index (κ2) is 56.3. The number of hydrogen-bond donors (Lipinski definition) is 6. The third-order valence-electron chi connectivity index (χ3n) is 15.1. The number of hydrogen-bond acceptors (Lipinski definition) is 10. The van der Waals surface area contributed by atoms with Crippen molar-refractivity contribution >= 4 is 11.9 Å². The van der Waals surface area contributed by atoms with Crippen LogP contribution >= 0.6 is 0 Å². The number of esters is 1. The molecule has 0 spiro atoms. The fourth-order valence-electron chi connectivity index (χ4n) is 9.89. The summed E-state index contributed by atoms with van der Waals surface area (Å²) in [6, 6.07) is -1.03. The first-order valence-electron chi connectivity index (χ1n) is 32.9. The lowest BCUT2D eigenvalue weighted by molar-refractivity contribution is -0.305. The van der Waals surface area contributed by atoms with Crippen LogP contribution in [0.4, 0.5) is 0 Å². The molecular formula is C69H121NO10. The number of unbranched alkanes of at least 4 members (excludes halogenated alkanes) is 31. The van der Waals surface area contributed by atoms with Crippen molar-refractivity contribution in [3.63, 3.8) is 0 Å². The first-order valence-corrected chi connectivity index (χ1v) is 32.9. The number of amides is 1. The number of rotatable bonds is 55. The van der Waals surface area contributed by atoms with E-state index in [1.807, 2.05) is 24.3 Å². The Kier molecular flexibility index (Phi) is 52.7. The average Bonchev–Trinajstić information content (AvgIpc) is 3.45. The first-order chi connectivity index (χ1) is 39.2. The van der Waals surface area contributed by atoms with E-state index < -0.39 is 67.4 Å². The molecule has 1 fully saturated rings. The molecule has 0 bridgehead atoms. The van der Waals surface area contributed by atoms with Crippen molar-refractivity contribution in [1.82, 2.24) is 5.32 Å².